The van der Waals surface area contributed by atoms with E-state index in [1.165, 1.54) is 25.7 Å². The molecule has 0 bridgehead atoms. The standard InChI is InChI=1S/C14H25N5O/c1-3-9-15-12-16-13(18-14(17-12)20-4-2)19-10-7-5-6-8-11-19/h3-11H2,1-2H3,(H,15,16,17,18). The molecule has 1 saturated heterocycles. The van der Waals surface area contributed by atoms with Gasteiger partial charge in [-0.05, 0) is 26.2 Å². The van der Waals surface area contributed by atoms with Crippen molar-refractivity contribution in [2.24, 2.45) is 0 Å². The number of ether oxygens (including phenoxy) is 1. The summed E-state index contributed by atoms with van der Waals surface area (Å²) in [6, 6.07) is 0.417. The first-order chi connectivity index (χ1) is 9.83. The molecule has 0 aromatic carbocycles. The summed E-state index contributed by atoms with van der Waals surface area (Å²) < 4.78 is 5.46. The summed E-state index contributed by atoms with van der Waals surface area (Å²) in [5.41, 5.74) is 0. The molecule has 1 N–H and O–H groups in total. The Morgan fingerprint density at radius 2 is 1.80 bits per heavy atom. The van der Waals surface area contributed by atoms with Crippen LogP contribution in [0.15, 0.2) is 0 Å². The Morgan fingerprint density at radius 1 is 1.05 bits per heavy atom. The number of anilines is 2. The first kappa shape index (κ1) is 14.8. The van der Waals surface area contributed by atoms with E-state index in [-0.39, 0.29) is 0 Å². The Bertz CT molecular complexity index is 405. The largest absolute Gasteiger partial charge is 0.464 e. The number of aromatic nitrogens is 3. The summed E-state index contributed by atoms with van der Waals surface area (Å²) >= 11 is 0. The fourth-order valence-electron chi connectivity index (χ4n) is 2.27. The van der Waals surface area contributed by atoms with Crippen molar-refractivity contribution in [1.82, 2.24) is 15.0 Å². The zero-order valence-corrected chi connectivity index (χ0v) is 12.6. The maximum Gasteiger partial charge on any atom is 0.323 e. The molecule has 0 radical (unpaired) electrons. The van der Waals surface area contributed by atoms with Crippen LogP contribution < -0.4 is 15.0 Å². The van der Waals surface area contributed by atoms with Gasteiger partial charge in [0.15, 0.2) is 0 Å². The van der Waals surface area contributed by atoms with Crippen LogP contribution in [0.25, 0.3) is 0 Å². The lowest BCUT2D eigenvalue weighted by molar-refractivity contribution is 0.312. The minimum atomic E-state index is 0.417. The fourth-order valence-corrected chi connectivity index (χ4v) is 2.27. The van der Waals surface area contributed by atoms with E-state index in [1.807, 2.05) is 6.92 Å². The number of nitrogens with zero attached hydrogens (tertiary/aromatic N) is 4. The molecule has 20 heavy (non-hydrogen) atoms. The molecule has 112 valence electrons. The minimum absolute atomic E-state index is 0.417. The lowest BCUT2D eigenvalue weighted by Gasteiger charge is -2.20. The van der Waals surface area contributed by atoms with E-state index in [2.05, 4.69) is 32.1 Å². The molecule has 0 atom stereocenters. The van der Waals surface area contributed by atoms with Gasteiger partial charge >= 0.3 is 6.01 Å². The average molecular weight is 279 g/mol. The van der Waals surface area contributed by atoms with Crippen molar-refractivity contribution < 1.29 is 4.74 Å². The highest BCUT2D eigenvalue weighted by molar-refractivity contribution is 5.38. The molecule has 6 heteroatoms. The molecule has 2 rings (SSSR count). The van der Waals surface area contributed by atoms with Gasteiger partial charge in [0.2, 0.25) is 11.9 Å². The summed E-state index contributed by atoms with van der Waals surface area (Å²) in [5.74, 6) is 1.36. The van der Waals surface area contributed by atoms with Crippen LogP contribution >= 0.6 is 0 Å². The minimum Gasteiger partial charge on any atom is -0.464 e. The van der Waals surface area contributed by atoms with E-state index in [9.17, 15) is 0 Å². The normalized spacial score (nSPS) is 15.8. The van der Waals surface area contributed by atoms with Gasteiger partial charge in [-0.15, -0.1) is 0 Å². The second-order valence-electron chi connectivity index (χ2n) is 5.00. The first-order valence-corrected chi connectivity index (χ1v) is 7.71. The average Bonchev–Trinajstić information content (AvgIpc) is 2.74. The second kappa shape index (κ2) is 7.87. The van der Waals surface area contributed by atoms with Gasteiger partial charge in [-0.2, -0.15) is 15.0 Å². The monoisotopic (exact) mass is 279 g/mol. The Balaban J connectivity index is 2.17. The summed E-state index contributed by atoms with van der Waals surface area (Å²) in [5, 5.41) is 3.22. The first-order valence-electron chi connectivity index (χ1n) is 7.71. The van der Waals surface area contributed by atoms with Crippen molar-refractivity contribution in [1.29, 1.82) is 0 Å². The quantitative estimate of drug-likeness (QED) is 0.863. The highest BCUT2D eigenvalue weighted by atomic mass is 16.5. The van der Waals surface area contributed by atoms with Gasteiger partial charge in [-0.3, -0.25) is 0 Å². The van der Waals surface area contributed by atoms with Crippen molar-refractivity contribution >= 4 is 11.9 Å². The number of hydrogen-bond donors (Lipinski definition) is 1. The van der Waals surface area contributed by atoms with E-state index in [4.69, 9.17) is 4.74 Å². The van der Waals surface area contributed by atoms with Crippen LogP contribution in [0.4, 0.5) is 11.9 Å². The van der Waals surface area contributed by atoms with Gasteiger partial charge in [0.1, 0.15) is 0 Å². The van der Waals surface area contributed by atoms with Crippen LogP contribution in [0.3, 0.4) is 0 Å². The summed E-state index contributed by atoms with van der Waals surface area (Å²) in [7, 11) is 0. The van der Waals surface area contributed by atoms with E-state index in [0.717, 1.165) is 32.0 Å². The smallest absolute Gasteiger partial charge is 0.323 e. The molecule has 1 aromatic heterocycles. The lowest BCUT2D eigenvalue weighted by atomic mass is 10.2. The van der Waals surface area contributed by atoms with Gasteiger partial charge in [0.25, 0.3) is 0 Å². The van der Waals surface area contributed by atoms with Crippen molar-refractivity contribution in [2.75, 3.05) is 36.5 Å². The van der Waals surface area contributed by atoms with Crippen LogP contribution in [0.1, 0.15) is 46.0 Å². The van der Waals surface area contributed by atoms with Gasteiger partial charge in [-0.25, -0.2) is 0 Å². The van der Waals surface area contributed by atoms with Crippen molar-refractivity contribution in [3.63, 3.8) is 0 Å². The molecule has 0 amide bonds. The summed E-state index contributed by atoms with van der Waals surface area (Å²) in [6.45, 7) is 7.51. The topological polar surface area (TPSA) is 63.2 Å². The number of nitrogens with one attached hydrogen (secondary N) is 1. The van der Waals surface area contributed by atoms with Gasteiger partial charge in [-0.1, -0.05) is 19.8 Å². The Labute approximate surface area is 121 Å². The molecular weight excluding hydrogens is 254 g/mol. The highest BCUT2D eigenvalue weighted by Gasteiger charge is 2.15. The maximum atomic E-state index is 5.46. The molecule has 2 heterocycles. The lowest BCUT2D eigenvalue weighted by Crippen LogP contribution is -2.27. The van der Waals surface area contributed by atoms with Crippen molar-refractivity contribution in [3.05, 3.63) is 0 Å². The molecule has 0 aliphatic carbocycles. The van der Waals surface area contributed by atoms with Gasteiger partial charge < -0.3 is 15.0 Å². The zero-order valence-electron chi connectivity index (χ0n) is 12.6. The van der Waals surface area contributed by atoms with Crippen LogP contribution in [-0.2, 0) is 0 Å². The Morgan fingerprint density at radius 3 is 2.45 bits per heavy atom. The molecule has 0 spiro atoms. The van der Waals surface area contributed by atoms with E-state index in [1.54, 1.807) is 0 Å². The molecule has 0 unspecified atom stereocenters. The Hall–Kier alpha value is -1.59. The van der Waals surface area contributed by atoms with E-state index < -0.39 is 0 Å². The maximum absolute atomic E-state index is 5.46. The molecular formula is C14H25N5O. The van der Waals surface area contributed by atoms with Crippen LogP contribution in [0.5, 0.6) is 6.01 Å². The predicted molar refractivity (Wildman–Crippen MR) is 80.5 cm³/mol. The number of hydrogen-bond acceptors (Lipinski definition) is 6. The van der Waals surface area contributed by atoms with Gasteiger partial charge in [0.05, 0.1) is 6.61 Å². The fraction of sp³-hybridized carbons (Fsp3) is 0.786. The van der Waals surface area contributed by atoms with Crippen LogP contribution in [0, 0.1) is 0 Å². The highest BCUT2D eigenvalue weighted by Crippen LogP contribution is 2.19. The van der Waals surface area contributed by atoms with Crippen LogP contribution in [-0.4, -0.2) is 41.2 Å². The molecule has 0 saturated carbocycles. The third-order valence-corrected chi connectivity index (χ3v) is 3.30. The SMILES string of the molecule is CCCNc1nc(OCC)nc(N2CCCCCC2)n1. The molecule has 1 aliphatic heterocycles. The predicted octanol–water partition coefficient (Wildman–Crippen LogP) is 2.47. The molecule has 6 nitrogen and oxygen atoms in total. The molecule has 1 fully saturated rings. The Kier molecular flexibility index (Phi) is 5.83. The van der Waals surface area contributed by atoms with Gasteiger partial charge in [0, 0.05) is 19.6 Å². The summed E-state index contributed by atoms with van der Waals surface area (Å²) in [6.07, 6.45) is 6.02. The van der Waals surface area contributed by atoms with E-state index >= 15 is 0 Å². The van der Waals surface area contributed by atoms with Crippen molar-refractivity contribution in [3.8, 4) is 6.01 Å². The molecule has 1 aliphatic rings. The van der Waals surface area contributed by atoms with Crippen molar-refractivity contribution in [2.45, 2.75) is 46.0 Å². The van der Waals surface area contributed by atoms with E-state index in [0.29, 0.717) is 18.6 Å². The molecule has 1 aromatic rings. The number of rotatable bonds is 6. The second-order valence-corrected chi connectivity index (χ2v) is 5.00. The summed E-state index contributed by atoms with van der Waals surface area (Å²) in [4.78, 5) is 15.5. The third-order valence-electron chi connectivity index (χ3n) is 3.30. The van der Waals surface area contributed by atoms with Crippen LogP contribution in [0.2, 0.25) is 0 Å². The zero-order chi connectivity index (χ0) is 14.2. The third kappa shape index (κ3) is 4.21.